The number of benzene rings is 1. The van der Waals surface area contributed by atoms with E-state index in [4.69, 9.17) is 0 Å². The fourth-order valence-electron chi connectivity index (χ4n) is 3.45. The molecule has 0 heterocycles. The maximum atomic E-state index is 12.9. The van der Waals surface area contributed by atoms with Crippen molar-refractivity contribution in [2.24, 2.45) is 11.8 Å². The molecule has 0 radical (unpaired) electrons. The highest BCUT2D eigenvalue weighted by Gasteiger charge is 2.68. The molecule has 1 aromatic rings. The summed E-state index contributed by atoms with van der Waals surface area (Å²) in [4.78, 5) is 0. The SMILES string of the molecule is Fc1ccc2c(c1)C1C3CC2C31. The van der Waals surface area contributed by atoms with E-state index < -0.39 is 0 Å². The van der Waals surface area contributed by atoms with Gasteiger partial charge in [-0.1, -0.05) is 6.07 Å². The van der Waals surface area contributed by atoms with Crippen LogP contribution in [0.5, 0.6) is 0 Å². The van der Waals surface area contributed by atoms with E-state index in [9.17, 15) is 4.39 Å². The van der Waals surface area contributed by atoms with Crippen molar-refractivity contribution in [3.05, 3.63) is 35.1 Å². The molecule has 4 unspecified atom stereocenters. The summed E-state index contributed by atoms with van der Waals surface area (Å²) in [6.45, 7) is 0. The summed E-state index contributed by atoms with van der Waals surface area (Å²) in [5.41, 5.74) is 2.79. The van der Waals surface area contributed by atoms with Crippen molar-refractivity contribution in [2.75, 3.05) is 0 Å². The van der Waals surface area contributed by atoms with Crippen LogP contribution >= 0.6 is 0 Å². The predicted molar refractivity (Wildman–Crippen MR) is 43.5 cm³/mol. The molecule has 3 aliphatic rings. The summed E-state index contributed by atoms with van der Waals surface area (Å²) in [5.74, 6) is 3.41. The lowest BCUT2D eigenvalue weighted by molar-refractivity contribution is 0.387. The van der Waals surface area contributed by atoms with Crippen LogP contribution in [0.25, 0.3) is 0 Å². The minimum atomic E-state index is -0.0549. The van der Waals surface area contributed by atoms with Gasteiger partial charge in [0.1, 0.15) is 5.82 Å². The highest BCUT2D eigenvalue weighted by Crippen LogP contribution is 2.78. The minimum absolute atomic E-state index is 0.0549. The lowest BCUT2D eigenvalue weighted by Gasteiger charge is -2.26. The monoisotopic (exact) mass is 160 g/mol. The summed E-state index contributed by atoms with van der Waals surface area (Å²) in [5, 5.41) is 0. The van der Waals surface area contributed by atoms with Crippen LogP contribution in [0.15, 0.2) is 18.2 Å². The zero-order chi connectivity index (χ0) is 7.87. The Balaban J connectivity index is 2.01. The van der Waals surface area contributed by atoms with Gasteiger partial charge in [-0.3, -0.25) is 0 Å². The summed E-state index contributed by atoms with van der Waals surface area (Å²) < 4.78 is 12.9. The van der Waals surface area contributed by atoms with E-state index in [-0.39, 0.29) is 5.82 Å². The van der Waals surface area contributed by atoms with E-state index in [0.29, 0.717) is 0 Å². The van der Waals surface area contributed by atoms with Crippen LogP contribution in [0.2, 0.25) is 0 Å². The molecule has 0 N–H and O–H groups in total. The largest absolute Gasteiger partial charge is 0.207 e. The van der Waals surface area contributed by atoms with E-state index in [1.807, 2.05) is 6.07 Å². The van der Waals surface area contributed by atoms with Gasteiger partial charge in [0.05, 0.1) is 0 Å². The molecule has 1 heteroatoms. The molecule has 0 bridgehead atoms. The summed E-state index contributed by atoms with van der Waals surface area (Å²) in [6, 6.07) is 5.36. The standard InChI is InChI=1S/C11H9F/c12-5-1-2-6-7(3-5)10-9-4-8(6)11(9)10/h1-3,8-11H,4H2. The molecule has 0 aliphatic heterocycles. The van der Waals surface area contributed by atoms with E-state index >= 15 is 0 Å². The van der Waals surface area contributed by atoms with Crippen LogP contribution in [0, 0.1) is 17.7 Å². The molecule has 12 heavy (non-hydrogen) atoms. The Labute approximate surface area is 70.4 Å². The molecule has 3 aliphatic carbocycles. The molecule has 0 aromatic heterocycles. The molecule has 60 valence electrons. The topological polar surface area (TPSA) is 0 Å². The van der Waals surface area contributed by atoms with Gasteiger partial charge in [-0.2, -0.15) is 0 Å². The zero-order valence-corrected chi connectivity index (χ0v) is 6.63. The maximum Gasteiger partial charge on any atom is 0.123 e. The van der Waals surface area contributed by atoms with E-state index in [1.165, 1.54) is 17.5 Å². The maximum absolute atomic E-state index is 12.9. The third kappa shape index (κ3) is 0.418. The third-order valence-corrected chi connectivity index (χ3v) is 4.03. The molecule has 4 atom stereocenters. The number of hydrogen-bond acceptors (Lipinski definition) is 0. The predicted octanol–water partition coefficient (Wildman–Crippen LogP) is 2.66. The van der Waals surface area contributed by atoms with Crippen LogP contribution in [0.4, 0.5) is 4.39 Å². The van der Waals surface area contributed by atoms with Crippen molar-refractivity contribution in [3.8, 4) is 0 Å². The van der Waals surface area contributed by atoms with Crippen molar-refractivity contribution in [1.29, 1.82) is 0 Å². The van der Waals surface area contributed by atoms with Crippen molar-refractivity contribution in [3.63, 3.8) is 0 Å². The van der Waals surface area contributed by atoms with E-state index in [1.54, 1.807) is 12.1 Å². The Morgan fingerprint density at radius 3 is 3.08 bits per heavy atom. The molecular formula is C11H9F. The van der Waals surface area contributed by atoms with Crippen LogP contribution < -0.4 is 0 Å². The second-order valence-corrected chi connectivity index (χ2v) is 4.38. The summed E-state index contributed by atoms with van der Waals surface area (Å²) in [6.07, 6.45) is 1.38. The Hall–Kier alpha value is -0.850. The second kappa shape index (κ2) is 1.46. The van der Waals surface area contributed by atoms with Crippen LogP contribution in [0.3, 0.4) is 0 Å². The first-order chi connectivity index (χ1) is 5.86. The fourth-order valence-corrected chi connectivity index (χ4v) is 3.45. The van der Waals surface area contributed by atoms with Crippen LogP contribution in [-0.2, 0) is 0 Å². The zero-order valence-electron chi connectivity index (χ0n) is 6.63. The average Bonchev–Trinajstić information content (AvgIpc) is 2.52. The lowest BCUT2D eigenvalue weighted by atomic mass is 9.78. The van der Waals surface area contributed by atoms with Gasteiger partial charge < -0.3 is 0 Å². The molecule has 4 rings (SSSR count). The van der Waals surface area contributed by atoms with Gasteiger partial charge in [0.15, 0.2) is 0 Å². The van der Waals surface area contributed by atoms with Gasteiger partial charge in [0, 0.05) is 0 Å². The van der Waals surface area contributed by atoms with E-state index in [0.717, 1.165) is 23.7 Å². The number of halogens is 1. The van der Waals surface area contributed by atoms with Gasteiger partial charge in [-0.05, 0) is 53.4 Å². The van der Waals surface area contributed by atoms with Gasteiger partial charge in [0.25, 0.3) is 0 Å². The Kier molecular flexibility index (Phi) is 0.697. The molecule has 0 amide bonds. The highest BCUT2D eigenvalue weighted by molar-refractivity contribution is 5.51. The Morgan fingerprint density at radius 1 is 1.25 bits per heavy atom. The first-order valence-electron chi connectivity index (χ1n) is 4.65. The number of rotatable bonds is 0. The van der Waals surface area contributed by atoms with Crippen molar-refractivity contribution < 1.29 is 4.39 Å². The van der Waals surface area contributed by atoms with Crippen LogP contribution in [0.1, 0.15) is 29.4 Å². The first-order valence-corrected chi connectivity index (χ1v) is 4.65. The third-order valence-electron chi connectivity index (χ3n) is 4.03. The number of fused-ring (bicyclic) bond motifs is 4. The average molecular weight is 160 g/mol. The van der Waals surface area contributed by atoms with E-state index in [2.05, 4.69) is 0 Å². The van der Waals surface area contributed by atoms with Crippen molar-refractivity contribution >= 4 is 0 Å². The van der Waals surface area contributed by atoms with Gasteiger partial charge in [-0.25, -0.2) is 4.39 Å². The molecule has 2 fully saturated rings. The smallest absolute Gasteiger partial charge is 0.123 e. The Bertz CT molecular complexity index is 383. The molecular weight excluding hydrogens is 151 g/mol. The number of hydrogen-bond donors (Lipinski definition) is 0. The highest BCUT2D eigenvalue weighted by atomic mass is 19.1. The second-order valence-electron chi connectivity index (χ2n) is 4.38. The lowest BCUT2D eigenvalue weighted by Crippen LogP contribution is -2.14. The molecule has 0 spiro atoms. The van der Waals surface area contributed by atoms with Gasteiger partial charge >= 0.3 is 0 Å². The normalized spacial score (nSPS) is 44.8. The van der Waals surface area contributed by atoms with Crippen LogP contribution in [-0.4, -0.2) is 0 Å². The fraction of sp³-hybridized carbons (Fsp3) is 0.455. The molecule has 2 saturated carbocycles. The summed E-state index contributed by atoms with van der Waals surface area (Å²) in [7, 11) is 0. The Morgan fingerprint density at radius 2 is 2.17 bits per heavy atom. The van der Waals surface area contributed by atoms with Crippen molar-refractivity contribution in [2.45, 2.75) is 18.3 Å². The van der Waals surface area contributed by atoms with Gasteiger partial charge in [-0.15, -0.1) is 0 Å². The summed E-state index contributed by atoms with van der Waals surface area (Å²) >= 11 is 0. The quantitative estimate of drug-likeness (QED) is 0.547. The first kappa shape index (κ1) is 5.74. The van der Waals surface area contributed by atoms with Gasteiger partial charge in [0.2, 0.25) is 0 Å². The minimum Gasteiger partial charge on any atom is -0.207 e. The molecule has 1 aromatic carbocycles. The molecule has 0 saturated heterocycles. The van der Waals surface area contributed by atoms with Crippen molar-refractivity contribution in [1.82, 2.24) is 0 Å². The molecule has 0 nitrogen and oxygen atoms in total.